The van der Waals surface area contributed by atoms with Gasteiger partial charge in [-0.05, 0) is 45.2 Å². The van der Waals surface area contributed by atoms with E-state index in [1.807, 2.05) is 0 Å². The normalized spacial score (nSPS) is 15.6. The van der Waals surface area contributed by atoms with Crippen molar-refractivity contribution in [2.24, 2.45) is 0 Å². The third-order valence-corrected chi connectivity index (χ3v) is 4.79. The monoisotopic (exact) mass is 396 g/mol. The van der Waals surface area contributed by atoms with Crippen molar-refractivity contribution in [1.29, 1.82) is 0 Å². The fourth-order valence-corrected chi connectivity index (χ4v) is 3.06. The summed E-state index contributed by atoms with van der Waals surface area (Å²) in [4.78, 5) is 28.3. The predicted octanol–water partition coefficient (Wildman–Crippen LogP) is 1.44. The molecule has 0 aromatic heterocycles. The van der Waals surface area contributed by atoms with Gasteiger partial charge in [-0.1, -0.05) is 11.6 Å². The topological polar surface area (TPSA) is 73.9 Å². The summed E-state index contributed by atoms with van der Waals surface area (Å²) >= 11 is 5.83. The van der Waals surface area contributed by atoms with Gasteiger partial charge in [-0.3, -0.25) is 19.4 Å². The molecule has 2 amide bonds. The molecule has 1 heterocycles. The number of benzene rings is 1. The molecule has 2 rings (SSSR count). The van der Waals surface area contributed by atoms with E-state index < -0.39 is 0 Å². The number of carbonyl (C=O) groups is 2. The van der Waals surface area contributed by atoms with Crippen molar-refractivity contribution in [2.75, 3.05) is 58.3 Å². The summed E-state index contributed by atoms with van der Waals surface area (Å²) in [6, 6.07) is 6.90. The first-order valence-corrected chi connectivity index (χ1v) is 9.47. The van der Waals surface area contributed by atoms with Crippen LogP contribution in [-0.2, 0) is 14.3 Å². The lowest BCUT2D eigenvalue weighted by Gasteiger charge is -2.40. The second kappa shape index (κ2) is 10.0. The van der Waals surface area contributed by atoms with Crippen molar-refractivity contribution in [3.63, 3.8) is 0 Å². The van der Waals surface area contributed by atoms with Crippen molar-refractivity contribution >= 4 is 29.1 Å². The average Bonchev–Trinajstić information content (AvgIpc) is 2.62. The van der Waals surface area contributed by atoms with Gasteiger partial charge in [0.15, 0.2) is 0 Å². The van der Waals surface area contributed by atoms with Gasteiger partial charge in [0.2, 0.25) is 11.8 Å². The highest BCUT2D eigenvalue weighted by Gasteiger charge is 2.28. The highest BCUT2D eigenvalue weighted by Crippen LogP contribution is 2.15. The first-order valence-electron chi connectivity index (χ1n) is 9.10. The van der Waals surface area contributed by atoms with E-state index in [2.05, 4.69) is 29.4 Å². The van der Waals surface area contributed by atoms with Crippen LogP contribution >= 0.6 is 11.6 Å². The van der Waals surface area contributed by atoms with Gasteiger partial charge in [0.05, 0.1) is 26.3 Å². The Hall–Kier alpha value is -1.67. The van der Waals surface area contributed by atoms with Gasteiger partial charge in [-0.15, -0.1) is 0 Å². The molecule has 7 nitrogen and oxygen atoms in total. The second-order valence-corrected chi connectivity index (χ2v) is 7.85. The summed E-state index contributed by atoms with van der Waals surface area (Å²) in [5.41, 5.74) is 0.541. The number of halogens is 1. The molecule has 0 bridgehead atoms. The molecule has 1 aromatic rings. The van der Waals surface area contributed by atoms with Crippen LogP contribution < -0.4 is 10.6 Å². The van der Waals surface area contributed by atoms with Crippen molar-refractivity contribution in [3.05, 3.63) is 29.3 Å². The van der Waals surface area contributed by atoms with E-state index >= 15 is 0 Å². The first-order chi connectivity index (χ1) is 12.8. The highest BCUT2D eigenvalue weighted by atomic mass is 35.5. The molecular weight excluding hydrogens is 368 g/mol. The fourth-order valence-electron chi connectivity index (χ4n) is 2.93. The Morgan fingerprint density at radius 1 is 1.15 bits per heavy atom. The smallest absolute Gasteiger partial charge is 0.238 e. The number of likely N-dealkylation sites (N-methyl/N-ethyl adjacent to an activating group) is 1. The van der Waals surface area contributed by atoms with Crippen LogP contribution in [0.2, 0.25) is 5.02 Å². The zero-order chi connectivity index (χ0) is 19.9. The van der Waals surface area contributed by atoms with E-state index in [-0.39, 0.29) is 30.4 Å². The van der Waals surface area contributed by atoms with Crippen molar-refractivity contribution in [2.45, 2.75) is 19.4 Å². The predicted molar refractivity (Wildman–Crippen MR) is 107 cm³/mol. The van der Waals surface area contributed by atoms with E-state index in [0.717, 1.165) is 26.3 Å². The zero-order valence-electron chi connectivity index (χ0n) is 16.3. The number of ether oxygens (including phenoxy) is 1. The molecule has 0 atom stereocenters. The lowest BCUT2D eigenvalue weighted by atomic mass is 10.0. The van der Waals surface area contributed by atoms with Gasteiger partial charge < -0.3 is 15.4 Å². The minimum Gasteiger partial charge on any atom is -0.379 e. The molecule has 1 aliphatic heterocycles. The number of rotatable bonds is 8. The van der Waals surface area contributed by atoms with Crippen LogP contribution in [0, 0.1) is 0 Å². The van der Waals surface area contributed by atoms with Crippen LogP contribution in [0.4, 0.5) is 5.69 Å². The standard InChI is InChI=1S/C19H29ClN4O3/c1-19(2,24-8-10-27-11-9-24)14-21-17(25)12-23(3)13-18(26)22-16-6-4-15(20)5-7-16/h4-7H,8-14H2,1-3H3,(H,21,25)(H,22,26). The maximum atomic E-state index is 12.2. The number of morpholine rings is 1. The Kier molecular flexibility index (Phi) is 8.04. The summed E-state index contributed by atoms with van der Waals surface area (Å²) in [5, 5.41) is 6.37. The molecule has 0 spiro atoms. The summed E-state index contributed by atoms with van der Waals surface area (Å²) in [6.45, 7) is 8.25. The zero-order valence-corrected chi connectivity index (χ0v) is 17.0. The molecule has 1 aromatic carbocycles. The van der Waals surface area contributed by atoms with Gasteiger partial charge in [0.25, 0.3) is 0 Å². The van der Waals surface area contributed by atoms with E-state index in [1.165, 1.54) is 0 Å². The van der Waals surface area contributed by atoms with Crippen LogP contribution in [0.15, 0.2) is 24.3 Å². The average molecular weight is 397 g/mol. The Morgan fingerprint density at radius 2 is 1.74 bits per heavy atom. The lowest BCUT2D eigenvalue weighted by Crippen LogP contribution is -2.56. The third-order valence-electron chi connectivity index (χ3n) is 4.54. The number of carbonyl (C=O) groups excluding carboxylic acids is 2. The number of hydrogen-bond donors (Lipinski definition) is 2. The number of hydrogen-bond acceptors (Lipinski definition) is 5. The molecule has 150 valence electrons. The quantitative estimate of drug-likeness (QED) is 0.695. The summed E-state index contributed by atoms with van der Waals surface area (Å²) in [7, 11) is 1.74. The number of anilines is 1. The van der Waals surface area contributed by atoms with E-state index in [4.69, 9.17) is 16.3 Å². The van der Waals surface area contributed by atoms with Gasteiger partial charge >= 0.3 is 0 Å². The van der Waals surface area contributed by atoms with Crippen LogP contribution in [-0.4, -0.2) is 80.1 Å². The molecule has 8 heteroatoms. The lowest BCUT2D eigenvalue weighted by molar-refractivity contribution is -0.123. The molecule has 0 radical (unpaired) electrons. The minimum absolute atomic E-state index is 0.0990. The summed E-state index contributed by atoms with van der Waals surface area (Å²) in [6.07, 6.45) is 0. The van der Waals surface area contributed by atoms with E-state index in [1.54, 1.807) is 36.2 Å². The van der Waals surface area contributed by atoms with Crippen LogP contribution in [0.5, 0.6) is 0 Å². The fraction of sp³-hybridized carbons (Fsp3) is 0.579. The largest absolute Gasteiger partial charge is 0.379 e. The molecule has 27 heavy (non-hydrogen) atoms. The SMILES string of the molecule is CN(CC(=O)NCC(C)(C)N1CCOCC1)CC(=O)Nc1ccc(Cl)cc1. The van der Waals surface area contributed by atoms with E-state index in [9.17, 15) is 9.59 Å². The summed E-state index contributed by atoms with van der Waals surface area (Å²) in [5.74, 6) is -0.278. The number of nitrogens with one attached hydrogen (secondary N) is 2. The van der Waals surface area contributed by atoms with Gasteiger partial charge in [-0.2, -0.15) is 0 Å². The molecule has 1 aliphatic rings. The van der Waals surface area contributed by atoms with Crippen LogP contribution in [0.25, 0.3) is 0 Å². The Morgan fingerprint density at radius 3 is 2.37 bits per heavy atom. The van der Waals surface area contributed by atoms with Crippen LogP contribution in [0.3, 0.4) is 0 Å². The highest BCUT2D eigenvalue weighted by molar-refractivity contribution is 6.30. The molecule has 0 aliphatic carbocycles. The van der Waals surface area contributed by atoms with Gasteiger partial charge in [0.1, 0.15) is 0 Å². The Balaban J connectivity index is 1.71. The number of nitrogens with zero attached hydrogens (tertiary/aromatic N) is 2. The van der Waals surface area contributed by atoms with Crippen molar-refractivity contribution in [3.8, 4) is 0 Å². The molecule has 2 N–H and O–H groups in total. The Labute approximate surface area is 166 Å². The molecular formula is C19H29ClN4O3. The molecule has 1 fully saturated rings. The van der Waals surface area contributed by atoms with E-state index in [0.29, 0.717) is 17.3 Å². The van der Waals surface area contributed by atoms with Gasteiger partial charge in [-0.25, -0.2) is 0 Å². The first kappa shape index (κ1) is 21.6. The molecule has 0 unspecified atom stereocenters. The van der Waals surface area contributed by atoms with Crippen LogP contribution in [0.1, 0.15) is 13.8 Å². The minimum atomic E-state index is -0.179. The maximum absolute atomic E-state index is 12.2. The Bertz CT molecular complexity index is 630. The van der Waals surface area contributed by atoms with Crippen molar-refractivity contribution in [1.82, 2.24) is 15.1 Å². The second-order valence-electron chi connectivity index (χ2n) is 7.42. The van der Waals surface area contributed by atoms with Gasteiger partial charge in [0, 0.05) is 35.9 Å². The molecule has 1 saturated heterocycles. The third kappa shape index (κ3) is 7.46. The maximum Gasteiger partial charge on any atom is 0.238 e. The number of amides is 2. The summed E-state index contributed by atoms with van der Waals surface area (Å²) < 4.78 is 5.38. The van der Waals surface area contributed by atoms with Crippen molar-refractivity contribution < 1.29 is 14.3 Å². The molecule has 0 saturated carbocycles.